The van der Waals surface area contributed by atoms with Gasteiger partial charge in [-0.15, -0.1) is 0 Å². The van der Waals surface area contributed by atoms with Crippen molar-refractivity contribution in [2.45, 2.75) is 19.3 Å². The van der Waals surface area contributed by atoms with E-state index in [1.807, 2.05) is 6.42 Å². The summed E-state index contributed by atoms with van der Waals surface area (Å²) in [4.78, 5) is 10.4. The number of ether oxygens (including phenoxy) is 1. The largest absolute Gasteiger partial charge is 0.462 e. The van der Waals surface area contributed by atoms with Gasteiger partial charge >= 0.3 is 5.97 Å². The molecule has 1 saturated heterocycles. The molecule has 0 bridgehead atoms. The van der Waals surface area contributed by atoms with Crippen LogP contribution >= 0.6 is 0 Å². The van der Waals surface area contributed by atoms with E-state index in [1.54, 1.807) is 0 Å². The maximum atomic E-state index is 10.4. The standard InChI is InChI=1S/C6H9O2/c7-6-4-2-1-3-5-8-6/h2H,1,3-5H2/q+1. The molecule has 0 N–H and O–H groups in total. The van der Waals surface area contributed by atoms with Crippen LogP contribution in [0.2, 0.25) is 0 Å². The molecular formula is C6H9O2+. The number of hydrogen-bond acceptors (Lipinski definition) is 2. The number of carbonyl (C=O) groups is 1. The molecule has 1 aliphatic rings. The second-order valence-corrected chi connectivity index (χ2v) is 1.86. The van der Waals surface area contributed by atoms with Crippen LogP contribution in [0.3, 0.4) is 0 Å². The van der Waals surface area contributed by atoms with Crippen molar-refractivity contribution >= 4 is 5.97 Å². The molecule has 0 unspecified atom stereocenters. The number of hydrogen-bond donors (Lipinski definition) is 0. The molecule has 1 aliphatic heterocycles. The summed E-state index contributed by atoms with van der Waals surface area (Å²) in [5.41, 5.74) is 0. The Labute approximate surface area is 48.8 Å². The van der Waals surface area contributed by atoms with E-state index in [0.29, 0.717) is 13.0 Å². The third kappa shape index (κ3) is 1.45. The molecule has 0 radical (unpaired) electrons. The first-order valence-corrected chi connectivity index (χ1v) is 2.87. The monoisotopic (exact) mass is 113 g/mol. The minimum Gasteiger partial charge on any atom is -0.462 e. The van der Waals surface area contributed by atoms with Gasteiger partial charge in [0.15, 0.2) is 6.42 Å². The fourth-order valence-corrected chi connectivity index (χ4v) is 0.693. The zero-order chi connectivity index (χ0) is 5.82. The zero-order valence-corrected chi connectivity index (χ0v) is 4.72. The van der Waals surface area contributed by atoms with E-state index in [9.17, 15) is 4.79 Å². The molecule has 0 atom stereocenters. The molecule has 44 valence electrons. The smallest absolute Gasteiger partial charge is 0.351 e. The molecule has 0 aliphatic carbocycles. The molecular weight excluding hydrogens is 104 g/mol. The molecule has 1 heterocycles. The second kappa shape index (κ2) is 2.60. The van der Waals surface area contributed by atoms with Crippen LogP contribution in [0.5, 0.6) is 0 Å². The Balaban J connectivity index is 2.27. The Hall–Kier alpha value is -0.660. The molecule has 8 heavy (non-hydrogen) atoms. The molecule has 0 aromatic heterocycles. The molecule has 0 saturated carbocycles. The Bertz CT molecular complexity index is 78.5. The van der Waals surface area contributed by atoms with E-state index in [-0.39, 0.29) is 5.97 Å². The van der Waals surface area contributed by atoms with Crippen molar-refractivity contribution in [1.29, 1.82) is 0 Å². The maximum Gasteiger partial charge on any atom is 0.351 e. The fraction of sp³-hybridized carbons (Fsp3) is 0.667. The van der Waals surface area contributed by atoms with Crippen molar-refractivity contribution < 1.29 is 9.53 Å². The summed E-state index contributed by atoms with van der Waals surface area (Å²) < 4.78 is 4.73. The minimum atomic E-state index is -0.0810. The van der Waals surface area contributed by atoms with Gasteiger partial charge in [0.25, 0.3) is 0 Å². The van der Waals surface area contributed by atoms with Gasteiger partial charge in [0, 0.05) is 6.42 Å². The van der Waals surface area contributed by atoms with E-state index < -0.39 is 0 Å². The van der Waals surface area contributed by atoms with E-state index in [4.69, 9.17) is 4.74 Å². The zero-order valence-electron chi connectivity index (χ0n) is 4.72. The first-order valence-electron chi connectivity index (χ1n) is 2.87. The molecule has 0 aromatic rings. The summed E-state index contributed by atoms with van der Waals surface area (Å²) >= 11 is 0. The quantitative estimate of drug-likeness (QED) is 0.345. The maximum absolute atomic E-state index is 10.4. The van der Waals surface area contributed by atoms with Gasteiger partial charge in [0.05, 0.1) is 19.4 Å². The van der Waals surface area contributed by atoms with E-state index in [2.05, 4.69) is 0 Å². The van der Waals surface area contributed by atoms with Crippen molar-refractivity contribution in [3.05, 3.63) is 6.42 Å². The SMILES string of the molecule is O=C1C[CH+]CCCO1. The Morgan fingerprint density at radius 1 is 1.62 bits per heavy atom. The third-order valence-electron chi connectivity index (χ3n) is 1.13. The van der Waals surface area contributed by atoms with Crippen LogP contribution in [0.4, 0.5) is 0 Å². The molecule has 0 amide bonds. The first kappa shape index (κ1) is 5.48. The summed E-state index contributed by atoms with van der Waals surface area (Å²) in [6.45, 7) is 0.606. The lowest BCUT2D eigenvalue weighted by Crippen LogP contribution is -2.00. The van der Waals surface area contributed by atoms with Gasteiger partial charge in [0.1, 0.15) is 0 Å². The number of esters is 1. The molecule has 2 nitrogen and oxygen atoms in total. The first-order chi connectivity index (χ1) is 3.89. The summed E-state index contributed by atoms with van der Waals surface area (Å²) in [7, 11) is 0. The molecule has 1 rings (SSSR count). The minimum absolute atomic E-state index is 0.0810. The van der Waals surface area contributed by atoms with Crippen molar-refractivity contribution in [2.75, 3.05) is 6.61 Å². The number of rotatable bonds is 0. The molecule has 0 aromatic carbocycles. The van der Waals surface area contributed by atoms with Crippen LogP contribution in [0.15, 0.2) is 0 Å². The van der Waals surface area contributed by atoms with Crippen LogP contribution in [-0.4, -0.2) is 12.6 Å². The highest BCUT2D eigenvalue weighted by Gasteiger charge is 2.13. The van der Waals surface area contributed by atoms with E-state index >= 15 is 0 Å². The van der Waals surface area contributed by atoms with Crippen molar-refractivity contribution in [3.63, 3.8) is 0 Å². The lowest BCUT2D eigenvalue weighted by atomic mass is 10.2. The van der Waals surface area contributed by atoms with Gasteiger partial charge < -0.3 is 4.74 Å². The van der Waals surface area contributed by atoms with Gasteiger partial charge in [0.2, 0.25) is 0 Å². The topological polar surface area (TPSA) is 26.3 Å². The van der Waals surface area contributed by atoms with E-state index in [0.717, 1.165) is 12.8 Å². The summed E-state index contributed by atoms with van der Waals surface area (Å²) in [6.07, 6.45) is 4.48. The summed E-state index contributed by atoms with van der Waals surface area (Å²) in [5.74, 6) is -0.0810. The van der Waals surface area contributed by atoms with Crippen LogP contribution in [-0.2, 0) is 9.53 Å². The van der Waals surface area contributed by atoms with Crippen LogP contribution in [0.1, 0.15) is 19.3 Å². The molecule has 1 fully saturated rings. The van der Waals surface area contributed by atoms with Crippen LogP contribution in [0.25, 0.3) is 0 Å². The Morgan fingerprint density at radius 2 is 2.50 bits per heavy atom. The average Bonchev–Trinajstić information content (AvgIpc) is 1.94. The highest BCUT2D eigenvalue weighted by atomic mass is 16.5. The molecule has 0 spiro atoms. The predicted molar refractivity (Wildman–Crippen MR) is 29.1 cm³/mol. The van der Waals surface area contributed by atoms with Gasteiger partial charge in [-0.2, -0.15) is 0 Å². The highest BCUT2D eigenvalue weighted by molar-refractivity contribution is 5.70. The summed E-state index contributed by atoms with van der Waals surface area (Å²) in [6, 6.07) is 0. The van der Waals surface area contributed by atoms with Gasteiger partial charge in [-0.3, -0.25) is 0 Å². The Morgan fingerprint density at radius 3 is 3.38 bits per heavy atom. The van der Waals surface area contributed by atoms with Gasteiger partial charge in [-0.25, -0.2) is 4.79 Å². The van der Waals surface area contributed by atoms with Gasteiger partial charge in [-0.05, 0) is 0 Å². The highest BCUT2D eigenvalue weighted by Crippen LogP contribution is 2.05. The van der Waals surface area contributed by atoms with E-state index in [1.165, 1.54) is 0 Å². The predicted octanol–water partition coefficient (Wildman–Crippen LogP) is 0.918. The van der Waals surface area contributed by atoms with Crippen LogP contribution in [0, 0.1) is 6.42 Å². The average molecular weight is 113 g/mol. The van der Waals surface area contributed by atoms with Crippen molar-refractivity contribution in [3.8, 4) is 0 Å². The number of carbonyl (C=O) groups excluding carboxylic acids is 1. The van der Waals surface area contributed by atoms with Crippen molar-refractivity contribution in [1.82, 2.24) is 0 Å². The summed E-state index contributed by atoms with van der Waals surface area (Å²) in [5, 5.41) is 0. The van der Waals surface area contributed by atoms with Crippen molar-refractivity contribution in [2.24, 2.45) is 0 Å². The fourth-order valence-electron chi connectivity index (χ4n) is 0.693. The lowest BCUT2D eigenvalue weighted by molar-refractivity contribution is -0.142. The normalized spacial score (nSPS) is 20.8. The number of cyclic esters (lactones) is 1. The molecule has 2 heteroatoms. The lowest BCUT2D eigenvalue weighted by Gasteiger charge is -1.91. The second-order valence-electron chi connectivity index (χ2n) is 1.86. The van der Waals surface area contributed by atoms with Gasteiger partial charge in [-0.1, -0.05) is 0 Å². The third-order valence-corrected chi connectivity index (χ3v) is 1.13. The van der Waals surface area contributed by atoms with Crippen LogP contribution < -0.4 is 0 Å². The Kier molecular flexibility index (Phi) is 1.78.